The van der Waals surface area contributed by atoms with E-state index in [0.717, 1.165) is 97.1 Å². The van der Waals surface area contributed by atoms with Crippen molar-refractivity contribution in [2.45, 2.75) is 101 Å². The van der Waals surface area contributed by atoms with E-state index in [2.05, 4.69) is 20.1 Å². The molecule has 52 heavy (non-hydrogen) atoms. The lowest BCUT2D eigenvalue weighted by Crippen LogP contribution is -2.46. The maximum atomic E-state index is 13.4. The molecule has 10 heteroatoms. The number of carbonyl (C=O) groups is 1. The van der Waals surface area contributed by atoms with Crippen LogP contribution in [-0.2, 0) is 15.1 Å². The van der Waals surface area contributed by atoms with E-state index >= 15 is 0 Å². The monoisotopic (exact) mass is 716 g/mol. The molecule has 6 rings (SSSR count). The second-order valence-electron chi connectivity index (χ2n) is 15.6. The summed E-state index contributed by atoms with van der Waals surface area (Å²) in [5.41, 5.74) is -0.124. The number of pyridine rings is 1. The highest BCUT2D eigenvalue weighted by Crippen LogP contribution is 2.40. The lowest BCUT2D eigenvalue weighted by Gasteiger charge is -2.37. The maximum absolute atomic E-state index is 13.4. The molecule has 3 fully saturated rings. The SMILES string of the molecule is O=C(OCC1CCN(CCCCCCN2CCC(NC[C@H](O)c3ccc(O)c4[nH]c(=O)ccc34)CC2)CC1)C(O)(c1ccccc1)C1CCCCC1. The van der Waals surface area contributed by atoms with Gasteiger partial charge in [0.15, 0.2) is 5.60 Å². The topological polar surface area (TPSA) is 138 Å². The van der Waals surface area contributed by atoms with Crippen LogP contribution in [-0.4, -0.2) is 94.5 Å². The minimum Gasteiger partial charge on any atom is -0.506 e. The summed E-state index contributed by atoms with van der Waals surface area (Å²) in [6.07, 6.45) is 13.3. The molecule has 3 aromatic rings. The number of unbranched alkanes of at least 4 members (excludes halogenated alkanes) is 3. The average molecular weight is 717 g/mol. The maximum Gasteiger partial charge on any atom is 0.343 e. The van der Waals surface area contributed by atoms with Crippen molar-refractivity contribution in [2.75, 3.05) is 52.4 Å². The number of phenols is 1. The highest BCUT2D eigenvalue weighted by atomic mass is 16.5. The van der Waals surface area contributed by atoms with Crippen LogP contribution < -0.4 is 10.9 Å². The third-order valence-electron chi connectivity index (χ3n) is 12.0. The summed E-state index contributed by atoms with van der Waals surface area (Å²) in [5, 5.41) is 37.0. The number of phenolic OH excluding ortho intramolecular Hbond substituents is 1. The van der Waals surface area contributed by atoms with E-state index in [1.54, 1.807) is 12.1 Å². The number of H-pyrrole nitrogens is 1. The molecular weight excluding hydrogens is 656 g/mol. The molecule has 0 spiro atoms. The van der Waals surface area contributed by atoms with E-state index in [-0.39, 0.29) is 17.2 Å². The number of aromatic hydroxyl groups is 1. The summed E-state index contributed by atoms with van der Waals surface area (Å²) in [6, 6.07) is 16.1. The Morgan fingerprint density at radius 1 is 0.846 bits per heavy atom. The average Bonchev–Trinajstić information content (AvgIpc) is 3.19. The second-order valence-corrected chi connectivity index (χ2v) is 15.6. The standard InChI is InChI=1S/C42H60N4O6/c47-37-17-15-35(36-16-18-39(49)44-40(36)37)38(48)29-43-34-21-27-46(28-22-34)24-10-2-1-9-23-45-25-19-31(20-26-45)30-52-41(50)42(51,32-11-5-3-6-12-32)33-13-7-4-8-14-33/h3,5-6,11-12,15-18,31,33-34,38,43,47-48,51H,1-2,4,7-10,13-14,19-30H2,(H,44,49)/t38-,42?/m0/s1. The molecule has 0 radical (unpaired) electrons. The van der Waals surface area contributed by atoms with E-state index in [9.17, 15) is 24.9 Å². The predicted octanol–water partition coefficient (Wildman–Crippen LogP) is 5.60. The number of ether oxygens (including phenoxy) is 1. The first kappa shape index (κ1) is 38.4. The molecule has 1 saturated carbocycles. The highest BCUT2D eigenvalue weighted by Gasteiger charge is 2.47. The molecule has 1 unspecified atom stereocenters. The number of aliphatic hydroxyl groups is 2. The van der Waals surface area contributed by atoms with Gasteiger partial charge in [0.05, 0.1) is 18.2 Å². The Kier molecular flexibility index (Phi) is 13.8. The van der Waals surface area contributed by atoms with Crippen LogP contribution in [0.5, 0.6) is 5.75 Å². The zero-order chi connectivity index (χ0) is 36.3. The molecule has 0 bridgehead atoms. The molecule has 2 atom stereocenters. The fraction of sp³-hybridized carbons (Fsp3) is 0.619. The van der Waals surface area contributed by atoms with Crippen LogP contribution >= 0.6 is 0 Å². The summed E-state index contributed by atoms with van der Waals surface area (Å²) in [5.74, 6) is -0.201. The van der Waals surface area contributed by atoms with Gasteiger partial charge in [-0.3, -0.25) is 4.79 Å². The van der Waals surface area contributed by atoms with Gasteiger partial charge in [-0.2, -0.15) is 0 Å². The van der Waals surface area contributed by atoms with Gasteiger partial charge in [-0.15, -0.1) is 0 Å². The fourth-order valence-corrected chi connectivity index (χ4v) is 8.74. The summed E-state index contributed by atoms with van der Waals surface area (Å²) < 4.78 is 5.89. The molecule has 2 saturated heterocycles. The number of esters is 1. The van der Waals surface area contributed by atoms with Gasteiger partial charge < -0.3 is 40.2 Å². The van der Waals surface area contributed by atoms with Crippen LogP contribution in [0, 0.1) is 11.8 Å². The molecule has 5 N–H and O–H groups in total. The highest BCUT2D eigenvalue weighted by molar-refractivity contribution is 5.87. The van der Waals surface area contributed by atoms with E-state index in [4.69, 9.17) is 4.74 Å². The van der Waals surface area contributed by atoms with Gasteiger partial charge in [-0.1, -0.05) is 68.5 Å². The van der Waals surface area contributed by atoms with Gasteiger partial charge in [0.2, 0.25) is 5.56 Å². The quantitative estimate of drug-likeness (QED) is 0.0947. The van der Waals surface area contributed by atoms with Gasteiger partial charge in [0, 0.05) is 30.0 Å². The summed E-state index contributed by atoms with van der Waals surface area (Å²) >= 11 is 0. The molecule has 1 aliphatic carbocycles. The lowest BCUT2D eigenvalue weighted by atomic mass is 9.73. The Balaban J connectivity index is 0.811. The first-order chi connectivity index (χ1) is 25.3. The summed E-state index contributed by atoms with van der Waals surface area (Å²) in [6.45, 7) is 7.29. The van der Waals surface area contributed by atoms with Crippen LogP contribution in [0.4, 0.5) is 0 Å². The number of aromatic amines is 1. The van der Waals surface area contributed by atoms with Crippen molar-refractivity contribution in [1.29, 1.82) is 0 Å². The Bertz CT molecular complexity index is 1610. The van der Waals surface area contributed by atoms with Crippen molar-refractivity contribution in [2.24, 2.45) is 11.8 Å². The number of hydrogen-bond donors (Lipinski definition) is 5. The van der Waals surface area contributed by atoms with Gasteiger partial charge in [-0.25, -0.2) is 4.79 Å². The molecular formula is C42H60N4O6. The van der Waals surface area contributed by atoms with E-state index in [1.165, 1.54) is 37.8 Å². The van der Waals surface area contributed by atoms with Crippen molar-refractivity contribution < 1.29 is 24.9 Å². The predicted molar refractivity (Wildman–Crippen MR) is 204 cm³/mol. The minimum absolute atomic E-state index is 0.00182. The third-order valence-corrected chi connectivity index (χ3v) is 12.0. The van der Waals surface area contributed by atoms with Gasteiger partial charge in [0.1, 0.15) is 5.75 Å². The van der Waals surface area contributed by atoms with Crippen molar-refractivity contribution >= 4 is 16.9 Å². The summed E-state index contributed by atoms with van der Waals surface area (Å²) in [4.78, 5) is 32.9. The van der Waals surface area contributed by atoms with Crippen molar-refractivity contribution in [1.82, 2.24) is 20.1 Å². The zero-order valence-corrected chi connectivity index (χ0v) is 30.8. The number of benzene rings is 2. The number of rotatable bonds is 16. The minimum atomic E-state index is -1.56. The Morgan fingerprint density at radius 3 is 2.17 bits per heavy atom. The first-order valence-corrected chi connectivity index (χ1v) is 20.0. The Morgan fingerprint density at radius 2 is 1.50 bits per heavy atom. The molecule has 3 heterocycles. The molecule has 1 aromatic heterocycles. The summed E-state index contributed by atoms with van der Waals surface area (Å²) in [7, 11) is 0. The number of fused-ring (bicyclic) bond motifs is 1. The van der Waals surface area contributed by atoms with Crippen LogP contribution in [0.3, 0.4) is 0 Å². The number of nitrogens with zero attached hydrogens (tertiary/aromatic N) is 2. The number of carbonyl (C=O) groups excluding carboxylic acids is 1. The molecule has 2 aromatic carbocycles. The van der Waals surface area contributed by atoms with Crippen LogP contribution in [0.15, 0.2) is 59.4 Å². The molecule has 3 aliphatic rings. The molecule has 284 valence electrons. The zero-order valence-electron chi connectivity index (χ0n) is 30.8. The van der Waals surface area contributed by atoms with Gasteiger partial charge in [0.25, 0.3) is 0 Å². The normalized spacial score (nSPS) is 20.5. The fourth-order valence-electron chi connectivity index (χ4n) is 8.74. The lowest BCUT2D eigenvalue weighted by molar-refractivity contribution is -0.177. The van der Waals surface area contributed by atoms with Crippen molar-refractivity contribution in [3.05, 3.63) is 76.1 Å². The van der Waals surface area contributed by atoms with Crippen LogP contribution in [0.25, 0.3) is 10.9 Å². The van der Waals surface area contributed by atoms with Crippen molar-refractivity contribution in [3.63, 3.8) is 0 Å². The molecule has 2 aliphatic heterocycles. The smallest absolute Gasteiger partial charge is 0.343 e. The van der Waals surface area contributed by atoms with Crippen LogP contribution in [0.2, 0.25) is 0 Å². The third kappa shape index (κ3) is 9.82. The van der Waals surface area contributed by atoms with Gasteiger partial charge >= 0.3 is 5.97 Å². The number of hydrogen-bond acceptors (Lipinski definition) is 9. The molecule has 0 amide bonds. The Labute approximate surface area is 308 Å². The first-order valence-electron chi connectivity index (χ1n) is 20.0. The van der Waals surface area contributed by atoms with Gasteiger partial charge in [-0.05, 0) is 120 Å². The second kappa shape index (κ2) is 18.7. The number of likely N-dealkylation sites (tertiary alicyclic amines) is 2. The number of aromatic nitrogens is 1. The Hall–Kier alpha value is -3.28. The number of nitrogens with one attached hydrogen (secondary N) is 2. The largest absolute Gasteiger partial charge is 0.506 e. The van der Waals surface area contributed by atoms with Crippen LogP contribution in [0.1, 0.15) is 101 Å². The molecule has 10 nitrogen and oxygen atoms in total. The van der Waals surface area contributed by atoms with E-state index in [0.29, 0.717) is 47.1 Å². The van der Waals surface area contributed by atoms with E-state index < -0.39 is 17.7 Å². The number of aliphatic hydroxyl groups excluding tert-OH is 1. The van der Waals surface area contributed by atoms with E-state index in [1.807, 2.05) is 30.3 Å². The number of piperidine rings is 2. The van der Waals surface area contributed by atoms with Crippen molar-refractivity contribution in [3.8, 4) is 5.75 Å².